The lowest BCUT2D eigenvalue weighted by Crippen LogP contribution is -1.79. The van der Waals surface area contributed by atoms with Crippen molar-refractivity contribution in [3.05, 3.63) is 31.9 Å². The lowest BCUT2D eigenvalue weighted by molar-refractivity contribution is 0.623. The summed E-state index contributed by atoms with van der Waals surface area (Å²) >= 11 is 9.35. The third kappa shape index (κ3) is 1.24. The lowest BCUT2D eigenvalue weighted by Gasteiger charge is -1.95. The molecule has 1 heterocycles. The highest BCUT2D eigenvalue weighted by Crippen LogP contribution is 2.34. The van der Waals surface area contributed by atoms with Gasteiger partial charge in [-0.1, -0.05) is 11.6 Å². The van der Waals surface area contributed by atoms with Crippen molar-refractivity contribution in [2.24, 2.45) is 0 Å². The van der Waals surface area contributed by atoms with Crippen molar-refractivity contribution in [2.45, 2.75) is 0 Å². The van der Waals surface area contributed by atoms with Crippen molar-refractivity contribution >= 4 is 55.6 Å². The summed E-state index contributed by atoms with van der Waals surface area (Å²) in [5.41, 5.74) is 0. The van der Waals surface area contributed by atoms with Gasteiger partial charge in [0.05, 0.1) is 13.3 Å². The minimum absolute atomic E-state index is 0.179. The van der Waals surface area contributed by atoms with E-state index < -0.39 is 0 Å². The third-order valence-electron chi connectivity index (χ3n) is 1.59. The van der Waals surface area contributed by atoms with Crippen LogP contribution in [0.4, 0.5) is 4.39 Å². The fourth-order valence-corrected chi connectivity index (χ4v) is 3.06. The highest BCUT2D eigenvalue weighted by Gasteiger charge is 2.08. The standard InChI is InChI=1S/C8H3ClFIS/c9-5-3-12-8-4(5)1-2-6(10)7(8)11/h1-3H. The van der Waals surface area contributed by atoms with Gasteiger partial charge >= 0.3 is 0 Å². The van der Waals surface area contributed by atoms with Crippen LogP contribution in [0, 0.1) is 9.39 Å². The minimum atomic E-state index is -0.179. The van der Waals surface area contributed by atoms with Crippen molar-refractivity contribution in [1.82, 2.24) is 0 Å². The van der Waals surface area contributed by atoms with Gasteiger partial charge in [0.15, 0.2) is 0 Å². The molecule has 2 rings (SSSR count). The van der Waals surface area contributed by atoms with E-state index in [1.54, 1.807) is 6.07 Å². The molecule has 2 aromatic rings. The molecule has 1 aromatic carbocycles. The minimum Gasteiger partial charge on any atom is -0.206 e. The molecule has 0 atom stereocenters. The van der Waals surface area contributed by atoms with E-state index in [-0.39, 0.29) is 5.82 Å². The van der Waals surface area contributed by atoms with E-state index >= 15 is 0 Å². The zero-order chi connectivity index (χ0) is 8.72. The van der Waals surface area contributed by atoms with Gasteiger partial charge in [0.1, 0.15) is 5.82 Å². The van der Waals surface area contributed by atoms with Crippen molar-refractivity contribution in [1.29, 1.82) is 0 Å². The first-order valence-corrected chi connectivity index (χ1v) is 5.54. The van der Waals surface area contributed by atoms with Crippen molar-refractivity contribution in [3.8, 4) is 0 Å². The van der Waals surface area contributed by atoms with Crippen molar-refractivity contribution < 1.29 is 4.39 Å². The molecule has 62 valence electrons. The molecular weight excluding hydrogens is 310 g/mol. The van der Waals surface area contributed by atoms with Crippen LogP contribution in [0.3, 0.4) is 0 Å². The molecule has 0 aliphatic heterocycles. The van der Waals surface area contributed by atoms with Crippen LogP contribution in [-0.4, -0.2) is 0 Å². The Labute approximate surface area is 91.5 Å². The number of benzene rings is 1. The molecule has 0 fully saturated rings. The van der Waals surface area contributed by atoms with Gasteiger partial charge < -0.3 is 0 Å². The predicted octanol–water partition coefficient (Wildman–Crippen LogP) is 4.30. The van der Waals surface area contributed by atoms with Crippen LogP contribution in [0.1, 0.15) is 0 Å². The summed E-state index contributed by atoms with van der Waals surface area (Å²) in [6, 6.07) is 3.16. The predicted molar refractivity (Wildman–Crippen MR) is 59.5 cm³/mol. The molecule has 0 N–H and O–H groups in total. The summed E-state index contributed by atoms with van der Waals surface area (Å²) in [7, 11) is 0. The van der Waals surface area contributed by atoms with Gasteiger partial charge in [-0.05, 0) is 34.7 Å². The van der Waals surface area contributed by atoms with Gasteiger partial charge in [0.2, 0.25) is 0 Å². The molecule has 1 aromatic heterocycles. The van der Waals surface area contributed by atoms with Crippen molar-refractivity contribution in [2.75, 3.05) is 0 Å². The Bertz CT molecular complexity index is 438. The quantitative estimate of drug-likeness (QED) is 0.636. The Morgan fingerprint density at radius 2 is 2.17 bits per heavy atom. The lowest BCUT2D eigenvalue weighted by atomic mass is 10.3. The summed E-state index contributed by atoms with van der Waals surface area (Å²) in [5.74, 6) is -0.179. The number of fused-ring (bicyclic) bond motifs is 1. The zero-order valence-electron chi connectivity index (χ0n) is 5.77. The van der Waals surface area contributed by atoms with E-state index in [0.29, 0.717) is 8.59 Å². The molecule has 0 radical (unpaired) electrons. The summed E-state index contributed by atoms with van der Waals surface area (Å²) < 4.78 is 14.6. The second kappa shape index (κ2) is 3.12. The van der Waals surface area contributed by atoms with Gasteiger partial charge in [-0.25, -0.2) is 4.39 Å². The Kier molecular flexibility index (Phi) is 2.27. The van der Waals surface area contributed by atoms with Crippen molar-refractivity contribution in [3.63, 3.8) is 0 Å². The molecule has 0 bridgehead atoms. The van der Waals surface area contributed by atoms with E-state index in [2.05, 4.69) is 0 Å². The van der Waals surface area contributed by atoms with Crippen LogP contribution in [-0.2, 0) is 0 Å². The summed E-state index contributed by atoms with van der Waals surface area (Å²) in [4.78, 5) is 0. The molecule has 12 heavy (non-hydrogen) atoms. The van der Waals surface area contributed by atoms with Crippen LogP contribution < -0.4 is 0 Å². The summed E-state index contributed by atoms with van der Waals surface area (Å²) in [6.45, 7) is 0. The van der Waals surface area contributed by atoms with Crippen LogP contribution in [0.15, 0.2) is 17.5 Å². The number of hydrogen-bond acceptors (Lipinski definition) is 1. The molecule has 0 aliphatic rings. The SMILES string of the molecule is Fc1ccc2c(Cl)csc2c1I. The fraction of sp³-hybridized carbons (Fsp3) is 0. The molecule has 0 aliphatic carbocycles. The Morgan fingerprint density at radius 1 is 1.42 bits per heavy atom. The highest BCUT2D eigenvalue weighted by atomic mass is 127. The zero-order valence-corrected chi connectivity index (χ0v) is 9.50. The normalized spacial score (nSPS) is 10.9. The largest absolute Gasteiger partial charge is 0.206 e. The highest BCUT2D eigenvalue weighted by molar-refractivity contribution is 14.1. The average Bonchev–Trinajstić information content (AvgIpc) is 2.41. The van der Waals surface area contributed by atoms with E-state index in [4.69, 9.17) is 11.6 Å². The van der Waals surface area contributed by atoms with Gasteiger partial charge in [0.25, 0.3) is 0 Å². The first-order valence-electron chi connectivity index (χ1n) is 3.21. The number of thiophene rings is 1. The number of hydrogen-bond donors (Lipinski definition) is 0. The second-order valence-corrected chi connectivity index (χ2v) is 4.69. The Morgan fingerprint density at radius 3 is 2.92 bits per heavy atom. The van der Waals surface area contributed by atoms with Gasteiger partial charge in [-0.3, -0.25) is 0 Å². The topological polar surface area (TPSA) is 0 Å². The van der Waals surface area contributed by atoms with Gasteiger partial charge in [-0.15, -0.1) is 11.3 Å². The van der Waals surface area contributed by atoms with E-state index in [9.17, 15) is 4.39 Å². The Hall–Kier alpha value is 0.130. The molecule has 4 heteroatoms. The molecule has 0 saturated heterocycles. The maximum atomic E-state index is 13.0. The van der Waals surface area contributed by atoms with Crippen LogP contribution >= 0.6 is 45.5 Å². The first kappa shape index (κ1) is 8.72. The number of halogens is 3. The van der Waals surface area contributed by atoms with E-state index in [1.165, 1.54) is 17.4 Å². The first-order chi connectivity index (χ1) is 5.70. The third-order valence-corrected chi connectivity index (χ3v) is 4.46. The summed E-state index contributed by atoms with van der Waals surface area (Å²) in [6.07, 6.45) is 0. The number of rotatable bonds is 0. The fourth-order valence-electron chi connectivity index (χ4n) is 1.01. The summed E-state index contributed by atoms with van der Waals surface area (Å²) in [5, 5.41) is 3.47. The molecule has 0 spiro atoms. The average molecular weight is 313 g/mol. The van der Waals surface area contributed by atoms with Crippen LogP contribution in [0.2, 0.25) is 5.02 Å². The monoisotopic (exact) mass is 312 g/mol. The van der Waals surface area contributed by atoms with Crippen LogP contribution in [0.25, 0.3) is 10.1 Å². The molecule has 0 saturated carbocycles. The molecular formula is C8H3ClFIS. The smallest absolute Gasteiger partial charge is 0.137 e. The maximum Gasteiger partial charge on any atom is 0.137 e. The molecule has 0 nitrogen and oxygen atoms in total. The molecule has 0 amide bonds. The molecule has 0 unspecified atom stereocenters. The van der Waals surface area contributed by atoms with Gasteiger partial charge in [-0.2, -0.15) is 0 Å². The maximum absolute atomic E-state index is 13.0. The van der Waals surface area contributed by atoms with E-state index in [0.717, 1.165) is 10.1 Å². The van der Waals surface area contributed by atoms with Gasteiger partial charge in [0, 0.05) is 10.8 Å². The van der Waals surface area contributed by atoms with E-state index in [1.807, 2.05) is 28.0 Å². The Balaban J connectivity index is 2.93. The van der Waals surface area contributed by atoms with Crippen LogP contribution in [0.5, 0.6) is 0 Å². The second-order valence-electron chi connectivity index (χ2n) is 2.32.